The number of hydrogen-bond acceptors (Lipinski definition) is 5. The van der Waals surface area contributed by atoms with Gasteiger partial charge in [-0.05, 0) is 12.1 Å². The van der Waals surface area contributed by atoms with Crippen molar-refractivity contribution in [1.29, 1.82) is 0 Å². The summed E-state index contributed by atoms with van der Waals surface area (Å²) in [6.45, 7) is 0. The Bertz CT molecular complexity index is 606. The maximum absolute atomic E-state index is 10.9. The molecule has 0 heterocycles. The summed E-state index contributed by atoms with van der Waals surface area (Å²) in [4.78, 5) is -0.466. The average Bonchev–Trinajstić information content (AvgIpc) is 1.97. The predicted molar refractivity (Wildman–Crippen MR) is 57.9 cm³/mol. The number of nitrogens with one attached hydrogen (secondary N) is 1. The molecule has 7 nitrogen and oxygen atoms in total. The van der Waals surface area contributed by atoms with Gasteiger partial charge in [0.15, 0.2) is 0 Å². The first-order valence-corrected chi connectivity index (χ1v) is 7.37. The number of nitrogens with two attached hydrogens (primary N) is 1. The molecule has 90 valence electrons. The highest BCUT2D eigenvalue weighted by Crippen LogP contribution is 2.25. The highest BCUT2D eigenvalue weighted by atomic mass is 32.2. The zero-order chi connectivity index (χ0) is 12.6. The summed E-state index contributed by atoms with van der Waals surface area (Å²) in [5.41, 5.74) is 0.0485. The van der Waals surface area contributed by atoms with Crippen molar-refractivity contribution in [3.05, 3.63) is 18.2 Å². The van der Waals surface area contributed by atoms with Crippen molar-refractivity contribution in [3.63, 3.8) is 0 Å². The van der Waals surface area contributed by atoms with Gasteiger partial charge in [0.05, 0.1) is 11.9 Å². The van der Waals surface area contributed by atoms with E-state index in [1.54, 1.807) is 0 Å². The van der Waals surface area contributed by atoms with Gasteiger partial charge in [0.25, 0.3) is 0 Å². The molecule has 0 aliphatic heterocycles. The van der Waals surface area contributed by atoms with Crippen molar-refractivity contribution in [2.24, 2.45) is 5.14 Å². The molecule has 0 fully saturated rings. The number of rotatable bonds is 3. The van der Waals surface area contributed by atoms with E-state index in [0.717, 1.165) is 18.4 Å². The Morgan fingerprint density at radius 2 is 1.81 bits per heavy atom. The van der Waals surface area contributed by atoms with E-state index in [9.17, 15) is 21.9 Å². The summed E-state index contributed by atoms with van der Waals surface area (Å²) >= 11 is 0. The number of aromatic hydroxyl groups is 1. The fourth-order valence-electron chi connectivity index (χ4n) is 1.04. The van der Waals surface area contributed by atoms with Crippen LogP contribution < -0.4 is 9.86 Å². The normalized spacial score (nSPS) is 12.4. The number of phenolic OH excluding ortho intramolecular Hbond substituents is 1. The topological polar surface area (TPSA) is 127 Å². The van der Waals surface area contributed by atoms with Crippen molar-refractivity contribution in [2.45, 2.75) is 4.90 Å². The van der Waals surface area contributed by atoms with E-state index in [1.807, 2.05) is 0 Å². The standard InChI is InChI=1S/C7H10N2O5S2/c1-15(11,12)9-5-2-3-7(6(10)4-5)16(8,13)14/h2-4,9-10H,1H3,(H2,8,13,14). The van der Waals surface area contributed by atoms with Gasteiger partial charge in [-0.25, -0.2) is 22.0 Å². The minimum Gasteiger partial charge on any atom is -0.506 e. The summed E-state index contributed by atoms with van der Waals surface area (Å²) < 4.78 is 45.7. The summed E-state index contributed by atoms with van der Waals surface area (Å²) in [5, 5.41) is 14.1. The van der Waals surface area contributed by atoms with E-state index in [-0.39, 0.29) is 5.69 Å². The molecule has 1 aromatic rings. The highest BCUT2D eigenvalue weighted by molar-refractivity contribution is 7.92. The van der Waals surface area contributed by atoms with Gasteiger partial charge in [0, 0.05) is 6.07 Å². The van der Waals surface area contributed by atoms with E-state index in [1.165, 1.54) is 6.07 Å². The van der Waals surface area contributed by atoms with E-state index in [4.69, 9.17) is 5.14 Å². The average molecular weight is 266 g/mol. The van der Waals surface area contributed by atoms with Crippen LogP contribution >= 0.6 is 0 Å². The second kappa shape index (κ2) is 3.92. The van der Waals surface area contributed by atoms with Crippen molar-refractivity contribution in [2.75, 3.05) is 11.0 Å². The Balaban J connectivity index is 3.20. The monoisotopic (exact) mass is 266 g/mol. The Morgan fingerprint density at radius 3 is 2.19 bits per heavy atom. The fraction of sp³-hybridized carbons (Fsp3) is 0.143. The quantitative estimate of drug-likeness (QED) is 0.674. The first-order valence-electron chi connectivity index (χ1n) is 3.93. The molecule has 0 aromatic heterocycles. The zero-order valence-corrected chi connectivity index (χ0v) is 9.84. The maximum atomic E-state index is 10.9. The van der Waals surface area contributed by atoms with Crippen LogP contribution in [-0.4, -0.2) is 28.2 Å². The molecular weight excluding hydrogens is 256 g/mol. The highest BCUT2D eigenvalue weighted by Gasteiger charge is 2.14. The molecule has 0 unspecified atom stereocenters. The van der Waals surface area contributed by atoms with Crippen LogP contribution in [0.1, 0.15) is 0 Å². The third-order valence-electron chi connectivity index (χ3n) is 1.57. The van der Waals surface area contributed by atoms with Crippen LogP contribution in [0.2, 0.25) is 0 Å². The molecule has 9 heteroatoms. The van der Waals surface area contributed by atoms with E-state index < -0.39 is 30.7 Å². The molecule has 0 bridgehead atoms. The fourth-order valence-corrected chi connectivity index (χ4v) is 2.20. The summed E-state index contributed by atoms with van der Waals surface area (Å²) in [7, 11) is -7.51. The summed E-state index contributed by atoms with van der Waals surface area (Å²) in [6.07, 6.45) is 0.928. The third kappa shape index (κ3) is 3.36. The molecule has 0 aliphatic rings. The smallest absolute Gasteiger partial charge is 0.241 e. The molecule has 4 N–H and O–H groups in total. The Kier molecular flexibility index (Phi) is 3.13. The molecule has 0 amide bonds. The molecule has 16 heavy (non-hydrogen) atoms. The van der Waals surface area contributed by atoms with Crippen molar-refractivity contribution < 1.29 is 21.9 Å². The zero-order valence-electron chi connectivity index (χ0n) is 8.21. The Hall–Kier alpha value is -1.32. The first kappa shape index (κ1) is 12.7. The van der Waals surface area contributed by atoms with Crippen molar-refractivity contribution in [3.8, 4) is 5.75 Å². The Labute approximate surface area is 93.0 Å². The number of sulfonamides is 2. The molecule has 1 aromatic carbocycles. The van der Waals surface area contributed by atoms with Crippen LogP contribution in [0.3, 0.4) is 0 Å². The van der Waals surface area contributed by atoms with Crippen molar-refractivity contribution >= 4 is 25.7 Å². The lowest BCUT2D eigenvalue weighted by molar-refractivity contribution is 0.459. The number of anilines is 1. The number of phenols is 1. The van der Waals surface area contributed by atoms with Crippen LogP contribution in [0, 0.1) is 0 Å². The van der Waals surface area contributed by atoms with Gasteiger partial charge in [-0.15, -0.1) is 0 Å². The van der Waals surface area contributed by atoms with Crippen LogP contribution in [0.5, 0.6) is 5.75 Å². The minimum absolute atomic E-state index is 0.0485. The molecule has 0 radical (unpaired) electrons. The second-order valence-corrected chi connectivity index (χ2v) is 6.38. The number of hydrogen-bond donors (Lipinski definition) is 3. The number of benzene rings is 1. The molecule has 0 aliphatic carbocycles. The molecular formula is C7H10N2O5S2. The van der Waals surface area contributed by atoms with Gasteiger partial charge in [-0.3, -0.25) is 4.72 Å². The largest absolute Gasteiger partial charge is 0.506 e. The SMILES string of the molecule is CS(=O)(=O)Nc1ccc(S(N)(=O)=O)c(O)c1. The Morgan fingerprint density at radius 1 is 1.25 bits per heavy atom. The number of primary sulfonamides is 1. The summed E-state index contributed by atoms with van der Waals surface area (Å²) in [6, 6.07) is 3.15. The van der Waals surface area contributed by atoms with Crippen LogP contribution in [0.15, 0.2) is 23.1 Å². The minimum atomic E-state index is -4.02. The van der Waals surface area contributed by atoms with E-state index in [0.29, 0.717) is 0 Å². The van der Waals surface area contributed by atoms with E-state index >= 15 is 0 Å². The van der Waals surface area contributed by atoms with E-state index in [2.05, 4.69) is 4.72 Å². The molecule has 0 saturated heterocycles. The predicted octanol–water partition coefficient (Wildman–Crippen LogP) is -0.589. The van der Waals surface area contributed by atoms with Crippen molar-refractivity contribution in [1.82, 2.24) is 0 Å². The van der Waals surface area contributed by atoms with Gasteiger partial charge in [-0.1, -0.05) is 0 Å². The van der Waals surface area contributed by atoms with Crippen LogP contribution in [0.25, 0.3) is 0 Å². The van der Waals surface area contributed by atoms with Gasteiger partial charge >= 0.3 is 0 Å². The maximum Gasteiger partial charge on any atom is 0.241 e. The van der Waals surface area contributed by atoms with Gasteiger partial charge < -0.3 is 5.11 Å². The second-order valence-electron chi connectivity index (χ2n) is 3.10. The molecule has 0 saturated carbocycles. The van der Waals surface area contributed by atoms with Crippen LogP contribution in [0.4, 0.5) is 5.69 Å². The van der Waals surface area contributed by atoms with Gasteiger partial charge in [0.1, 0.15) is 10.6 Å². The van der Waals surface area contributed by atoms with Crippen LogP contribution in [-0.2, 0) is 20.0 Å². The molecule has 1 rings (SSSR count). The lowest BCUT2D eigenvalue weighted by atomic mass is 10.3. The first-order chi connectivity index (χ1) is 7.09. The third-order valence-corrected chi connectivity index (χ3v) is 3.13. The summed E-state index contributed by atoms with van der Waals surface area (Å²) in [5.74, 6) is -0.615. The van der Waals surface area contributed by atoms with Gasteiger partial charge in [-0.2, -0.15) is 0 Å². The molecule has 0 spiro atoms. The lowest BCUT2D eigenvalue weighted by Crippen LogP contribution is -2.13. The lowest BCUT2D eigenvalue weighted by Gasteiger charge is -2.06. The van der Waals surface area contributed by atoms with Gasteiger partial charge in [0.2, 0.25) is 20.0 Å². The molecule has 0 atom stereocenters.